The Hall–Kier alpha value is -2.81. The average molecular weight is 331 g/mol. The van der Waals surface area contributed by atoms with Crippen LogP contribution in [0.5, 0.6) is 5.75 Å². The number of rotatable bonds is 1. The summed E-state index contributed by atoms with van der Waals surface area (Å²) in [6.07, 6.45) is 5.27. The molecule has 5 rings (SSSR count). The number of anilines is 1. The number of aromatic hydroxyl groups is 1. The van der Waals surface area contributed by atoms with E-state index in [4.69, 9.17) is 0 Å². The molecule has 1 aliphatic carbocycles. The van der Waals surface area contributed by atoms with Gasteiger partial charge < -0.3 is 10.4 Å². The summed E-state index contributed by atoms with van der Waals surface area (Å²) in [5.41, 5.74) is 2.90. The van der Waals surface area contributed by atoms with Gasteiger partial charge in [-0.05, 0) is 52.9 Å². The highest BCUT2D eigenvalue weighted by molar-refractivity contribution is 5.89. The summed E-state index contributed by atoms with van der Waals surface area (Å²) in [7, 11) is 0. The van der Waals surface area contributed by atoms with Gasteiger partial charge in [-0.25, -0.2) is 4.39 Å². The predicted molar refractivity (Wildman–Crippen MR) is 98.4 cm³/mol. The monoisotopic (exact) mass is 331 g/mol. The SMILES string of the molecule is Oc1ccc2ccccc2c1C1Nc2ccc(F)cc2C2C=CCC21. The topological polar surface area (TPSA) is 32.3 Å². The molecule has 2 aliphatic rings. The summed E-state index contributed by atoms with van der Waals surface area (Å²) >= 11 is 0. The molecule has 25 heavy (non-hydrogen) atoms. The quantitative estimate of drug-likeness (QED) is 0.576. The van der Waals surface area contributed by atoms with Crippen LogP contribution in [0, 0.1) is 11.7 Å². The third-order valence-corrected chi connectivity index (χ3v) is 5.58. The molecule has 1 aliphatic heterocycles. The van der Waals surface area contributed by atoms with E-state index < -0.39 is 0 Å². The van der Waals surface area contributed by atoms with E-state index in [0.717, 1.165) is 34.0 Å². The highest BCUT2D eigenvalue weighted by atomic mass is 19.1. The van der Waals surface area contributed by atoms with Crippen molar-refractivity contribution in [3.05, 3.63) is 83.7 Å². The first kappa shape index (κ1) is 14.5. The zero-order chi connectivity index (χ0) is 17.0. The number of benzene rings is 3. The number of halogens is 1. The minimum absolute atomic E-state index is 0.0101. The zero-order valence-corrected chi connectivity index (χ0v) is 13.6. The molecule has 1 heterocycles. The molecule has 0 saturated heterocycles. The van der Waals surface area contributed by atoms with Gasteiger partial charge in [-0.1, -0.05) is 42.5 Å². The van der Waals surface area contributed by atoms with Crippen LogP contribution in [-0.4, -0.2) is 5.11 Å². The van der Waals surface area contributed by atoms with Crippen LogP contribution in [-0.2, 0) is 0 Å². The Bertz CT molecular complexity index is 1010. The Labute approximate surface area is 145 Å². The van der Waals surface area contributed by atoms with Crippen LogP contribution in [0.2, 0.25) is 0 Å². The molecule has 124 valence electrons. The van der Waals surface area contributed by atoms with Crippen molar-refractivity contribution in [3.63, 3.8) is 0 Å². The summed E-state index contributed by atoms with van der Waals surface area (Å²) in [6.45, 7) is 0. The Balaban J connectivity index is 1.71. The second-order valence-electron chi connectivity index (χ2n) is 6.93. The van der Waals surface area contributed by atoms with Crippen molar-refractivity contribution in [2.45, 2.75) is 18.4 Å². The number of fused-ring (bicyclic) bond motifs is 4. The fourth-order valence-electron chi connectivity index (χ4n) is 4.46. The third-order valence-electron chi connectivity index (χ3n) is 5.58. The van der Waals surface area contributed by atoms with Crippen molar-refractivity contribution >= 4 is 16.5 Å². The molecule has 0 bridgehead atoms. The number of phenolic OH excluding ortho intramolecular Hbond substituents is 1. The van der Waals surface area contributed by atoms with Crippen molar-refractivity contribution in [2.75, 3.05) is 5.32 Å². The molecule has 2 N–H and O–H groups in total. The van der Waals surface area contributed by atoms with Crippen LogP contribution in [0.3, 0.4) is 0 Å². The van der Waals surface area contributed by atoms with Gasteiger partial charge in [0.05, 0.1) is 6.04 Å². The molecule has 2 nitrogen and oxygen atoms in total. The Morgan fingerprint density at radius 3 is 2.84 bits per heavy atom. The fourth-order valence-corrected chi connectivity index (χ4v) is 4.46. The summed E-state index contributed by atoms with van der Waals surface area (Å²) in [4.78, 5) is 0. The van der Waals surface area contributed by atoms with Gasteiger partial charge in [0.25, 0.3) is 0 Å². The molecule has 3 atom stereocenters. The first-order valence-corrected chi connectivity index (χ1v) is 8.65. The van der Waals surface area contributed by atoms with Gasteiger partial charge in [0.15, 0.2) is 0 Å². The predicted octanol–water partition coefficient (Wildman–Crippen LogP) is 5.51. The van der Waals surface area contributed by atoms with E-state index in [9.17, 15) is 9.50 Å². The molecule has 0 fully saturated rings. The van der Waals surface area contributed by atoms with Crippen molar-refractivity contribution in [3.8, 4) is 5.75 Å². The van der Waals surface area contributed by atoms with Crippen molar-refractivity contribution < 1.29 is 9.50 Å². The van der Waals surface area contributed by atoms with Crippen LogP contribution in [0.25, 0.3) is 10.8 Å². The minimum atomic E-state index is -0.203. The largest absolute Gasteiger partial charge is 0.508 e. The van der Waals surface area contributed by atoms with Gasteiger partial charge in [-0.15, -0.1) is 0 Å². The maximum absolute atomic E-state index is 13.8. The lowest BCUT2D eigenvalue weighted by atomic mass is 9.76. The molecular weight excluding hydrogens is 313 g/mol. The standard InChI is InChI=1S/C22H18FNO/c23-14-9-10-19-18(12-14)16-6-3-7-17(16)22(24-19)21-15-5-2-1-4-13(15)8-11-20(21)25/h1-6,8-12,16-17,22,24-25H,7H2. The summed E-state index contributed by atoms with van der Waals surface area (Å²) in [5, 5.41) is 16.4. The first-order valence-electron chi connectivity index (χ1n) is 8.65. The van der Waals surface area contributed by atoms with Crippen molar-refractivity contribution in [1.82, 2.24) is 0 Å². The van der Waals surface area contributed by atoms with Crippen LogP contribution >= 0.6 is 0 Å². The second-order valence-corrected chi connectivity index (χ2v) is 6.93. The van der Waals surface area contributed by atoms with Crippen molar-refractivity contribution in [1.29, 1.82) is 0 Å². The highest BCUT2D eigenvalue weighted by Crippen LogP contribution is 2.52. The number of hydrogen-bond donors (Lipinski definition) is 2. The van der Waals surface area contributed by atoms with E-state index in [1.165, 1.54) is 6.07 Å². The van der Waals surface area contributed by atoms with E-state index in [1.807, 2.05) is 24.3 Å². The molecule has 0 spiro atoms. The second kappa shape index (κ2) is 5.35. The van der Waals surface area contributed by atoms with Crippen LogP contribution in [0.15, 0.2) is 66.7 Å². The lowest BCUT2D eigenvalue weighted by Gasteiger charge is -2.38. The van der Waals surface area contributed by atoms with Gasteiger partial charge in [0, 0.05) is 17.2 Å². The molecule has 0 saturated carbocycles. The molecule has 0 amide bonds. The smallest absolute Gasteiger partial charge is 0.123 e. The van der Waals surface area contributed by atoms with E-state index in [1.54, 1.807) is 12.1 Å². The van der Waals surface area contributed by atoms with E-state index in [2.05, 4.69) is 29.6 Å². The molecule has 0 aromatic heterocycles. The fraction of sp³-hybridized carbons (Fsp3) is 0.182. The zero-order valence-electron chi connectivity index (χ0n) is 13.6. The Morgan fingerprint density at radius 1 is 1.04 bits per heavy atom. The number of nitrogens with one attached hydrogen (secondary N) is 1. The average Bonchev–Trinajstić information content (AvgIpc) is 3.12. The van der Waals surface area contributed by atoms with E-state index >= 15 is 0 Å². The van der Waals surface area contributed by atoms with Gasteiger partial charge in [-0.2, -0.15) is 0 Å². The molecule has 3 unspecified atom stereocenters. The molecule has 3 aromatic carbocycles. The van der Waals surface area contributed by atoms with Gasteiger partial charge in [0.2, 0.25) is 0 Å². The lowest BCUT2D eigenvalue weighted by Crippen LogP contribution is -2.29. The third kappa shape index (κ3) is 2.15. The summed E-state index contributed by atoms with van der Waals surface area (Å²) in [5.74, 6) is 0.555. The lowest BCUT2D eigenvalue weighted by molar-refractivity contribution is 0.404. The number of allylic oxidation sites excluding steroid dienone is 2. The summed E-state index contributed by atoms with van der Waals surface area (Å²) < 4.78 is 13.8. The van der Waals surface area contributed by atoms with Crippen molar-refractivity contribution in [2.24, 2.45) is 5.92 Å². The van der Waals surface area contributed by atoms with Gasteiger partial charge in [-0.3, -0.25) is 0 Å². The Morgan fingerprint density at radius 2 is 1.92 bits per heavy atom. The number of hydrogen-bond acceptors (Lipinski definition) is 2. The minimum Gasteiger partial charge on any atom is -0.508 e. The first-order chi connectivity index (χ1) is 12.2. The highest BCUT2D eigenvalue weighted by Gasteiger charge is 2.39. The van der Waals surface area contributed by atoms with Crippen LogP contribution in [0.4, 0.5) is 10.1 Å². The van der Waals surface area contributed by atoms with Gasteiger partial charge >= 0.3 is 0 Å². The normalized spacial score (nSPS) is 24.0. The molecule has 3 aromatic rings. The van der Waals surface area contributed by atoms with Gasteiger partial charge in [0.1, 0.15) is 11.6 Å². The Kier molecular flexibility index (Phi) is 3.11. The summed E-state index contributed by atoms with van der Waals surface area (Å²) in [6, 6.07) is 16.8. The number of phenols is 1. The van der Waals surface area contributed by atoms with Crippen LogP contribution < -0.4 is 5.32 Å². The van der Waals surface area contributed by atoms with E-state index in [-0.39, 0.29) is 23.7 Å². The maximum atomic E-state index is 13.8. The maximum Gasteiger partial charge on any atom is 0.123 e. The molecule has 0 radical (unpaired) electrons. The van der Waals surface area contributed by atoms with Crippen LogP contribution in [0.1, 0.15) is 29.5 Å². The molecular formula is C22H18FNO. The van der Waals surface area contributed by atoms with E-state index in [0.29, 0.717) is 5.75 Å². The molecule has 3 heteroatoms.